The summed E-state index contributed by atoms with van der Waals surface area (Å²) in [4.78, 5) is 32.9. The van der Waals surface area contributed by atoms with E-state index in [9.17, 15) is 14.0 Å². The third-order valence-corrected chi connectivity index (χ3v) is 5.28. The molecule has 0 atom stereocenters. The lowest BCUT2D eigenvalue weighted by Crippen LogP contribution is -2.51. The van der Waals surface area contributed by atoms with Gasteiger partial charge in [-0.25, -0.2) is 9.18 Å². The topological polar surface area (TPSA) is 94.2 Å². The van der Waals surface area contributed by atoms with Gasteiger partial charge < -0.3 is 9.80 Å². The monoisotopic (exact) mass is 400 g/mol. The number of H-pyrrole nitrogens is 1. The molecule has 1 aliphatic rings. The van der Waals surface area contributed by atoms with Crippen molar-refractivity contribution in [3.63, 3.8) is 0 Å². The van der Waals surface area contributed by atoms with Gasteiger partial charge in [0.15, 0.2) is 5.82 Å². The molecule has 2 N–H and O–H groups in total. The van der Waals surface area contributed by atoms with Crippen molar-refractivity contribution < 1.29 is 14.0 Å². The summed E-state index contributed by atoms with van der Waals surface area (Å²) >= 11 is 1.40. The molecule has 2 aromatic heterocycles. The smallest absolute Gasteiger partial charge is 0.324 e. The number of anilines is 1. The predicted octanol–water partition coefficient (Wildman–Crippen LogP) is 2.66. The number of thiophene rings is 1. The maximum atomic E-state index is 13.8. The molecular weight excluding hydrogens is 383 g/mol. The zero-order valence-electron chi connectivity index (χ0n) is 14.8. The molecule has 1 aliphatic heterocycles. The number of carbonyl (C=O) groups is 2. The highest BCUT2D eigenvalue weighted by atomic mass is 32.1. The number of carbonyl (C=O) groups excluding carboxylic acids is 2. The van der Waals surface area contributed by atoms with Crippen molar-refractivity contribution in [1.82, 2.24) is 25.0 Å². The molecule has 0 aliphatic carbocycles. The molecule has 3 amide bonds. The molecule has 10 heteroatoms. The molecule has 0 spiro atoms. The Morgan fingerprint density at radius 2 is 1.82 bits per heavy atom. The number of aromatic nitrogens is 3. The van der Waals surface area contributed by atoms with Gasteiger partial charge in [-0.15, -0.1) is 16.4 Å². The molecule has 1 saturated heterocycles. The van der Waals surface area contributed by atoms with Crippen molar-refractivity contribution in [3.05, 3.63) is 52.5 Å². The Bertz CT molecular complexity index is 982. The van der Waals surface area contributed by atoms with Crippen molar-refractivity contribution >= 4 is 29.2 Å². The molecular formula is C18H17FN6O2S. The average molecular weight is 400 g/mol. The van der Waals surface area contributed by atoms with Crippen LogP contribution in [0.15, 0.2) is 41.8 Å². The van der Waals surface area contributed by atoms with Gasteiger partial charge in [0.05, 0.1) is 10.4 Å². The SMILES string of the molecule is O=C(Nc1n[nH]c(-c2ccccc2F)n1)N1CCN(C(=O)c2cccs2)CC1. The highest BCUT2D eigenvalue weighted by Gasteiger charge is 2.26. The number of hydrogen-bond donors (Lipinski definition) is 2. The normalized spacial score (nSPS) is 14.2. The summed E-state index contributed by atoms with van der Waals surface area (Å²) < 4.78 is 13.8. The van der Waals surface area contributed by atoms with Crippen LogP contribution in [0.25, 0.3) is 11.4 Å². The van der Waals surface area contributed by atoms with Crippen LogP contribution in [0.1, 0.15) is 9.67 Å². The molecule has 144 valence electrons. The Morgan fingerprint density at radius 3 is 2.54 bits per heavy atom. The van der Waals surface area contributed by atoms with Crippen molar-refractivity contribution in [1.29, 1.82) is 0 Å². The number of piperazine rings is 1. The van der Waals surface area contributed by atoms with Crippen LogP contribution in [-0.4, -0.2) is 63.1 Å². The summed E-state index contributed by atoms with van der Waals surface area (Å²) in [5.41, 5.74) is 0.274. The van der Waals surface area contributed by atoms with Crippen LogP contribution < -0.4 is 5.32 Å². The van der Waals surface area contributed by atoms with Crippen LogP contribution in [0, 0.1) is 5.82 Å². The number of nitrogens with zero attached hydrogens (tertiary/aromatic N) is 4. The van der Waals surface area contributed by atoms with Crippen LogP contribution in [0.3, 0.4) is 0 Å². The summed E-state index contributed by atoms with van der Waals surface area (Å²) in [5.74, 6) is -0.137. The molecule has 0 saturated carbocycles. The second kappa shape index (κ2) is 7.77. The number of hydrogen-bond acceptors (Lipinski definition) is 5. The number of urea groups is 1. The highest BCUT2D eigenvalue weighted by molar-refractivity contribution is 7.12. The van der Waals surface area contributed by atoms with E-state index < -0.39 is 5.82 Å². The minimum absolute atomic E-state index is 0.0152. The van der Waals surface area contributed by atoms with Gasteiger partial charge in [-0.05, 0) is 23.6 Å². The number of benzene rings is 1. The van der Waals surface area contributed by atoms with Gasteiger partial charge in [-0.3, -0.25) is 15.2 Å². The summed E-state index contributed by atoms with van der Waals surface area (Å²) in [6.07, 6.45) is 0. The van der Waals surface area contributed by atoms with Crippen molar-refractivity contribution in [3.8, 4) is 11.4 Å². The maximum absolute atomic E-state index is 13.8. The molecule has 3 aromatic rings. The molecule has 0 radical (unpaired) electrons. The van der Waals surface area contributed by atoms with E-state index in [2.05, 4.69) is 20.5 Å². The van der Waals surface area contributed by atoms with Crippen LogP contribution in [-0.2, 0) is 0 Å². The molecule has 3 heterocycles. The van der Waals surface area contributed by atoms with Gasteiger partial charge in [0.2, 0.25) is 5.95 Å². The largest absolute Gasteiger partial charge is 0.334 e. The number of halogens is 1. The minimum Gasteiger partial charge on any atom is -0.334 e. The van der Waals surface area contributed by atoms with E-state index >= 15 is 0 Å². The molecule has 0 bridgehead atoms. The predicted molar refractivity (Wildman–Crippen MR) is 103 cm³/mol. The molecule has 8 nitrogen and oxygen atoms in total. The fourth-order valence-electron chi connectivity index (χ4n) is 2.93. The van der Waals surface area contributed by atoms with Crippen molar-refractivity contribution in [2.75, 3.05) is 31.5 Å². The molecule has 1 fully saturated rings. The van der Waals surface area contributed by atoms with E-state index in [0.29, 0.717) is 31.1 Å². The second-order valence-corrected chi connectivity index (χ2v) is 7.12. The minimum atomic E-state index is -0.428. The standard InChI is InChI=1S/C18H17FN6O2S/c19-13-5-2-1-4-12(13)15-20-17(23-22-15)21-18(27)25-9-7-24(8-10-25)16(26)14-6-3-11-28-14/h1-6,11H,7-10H2,(H2,20,21,22,23,27). The zero-order valence-corrected chi connectivity index (χ0v) is 15.6. The Morgan fingerprint density at radius 1 is 1.07 bits per heavy atom. The van der Waals surface area contributed by atoms with Crippen molar-refractivity contribution in [2.24, 2.45) is 0 Å². The first-order valence-corrected chi connectivity index (χ1v) is 9.56. The summed E-state index contributed by atoms with van der Waals surface area (Å²) in [6.45, 7) is 1.73. The van der Waals surface area contributed by atoms with Gasteiger partial charge in [-0.1, -0.05) is 18.2 Å². The zero-order chi connectivity index (χ0) is 19.5. The lowest BCUT2D eigenvalue weighted by atomic mass is 10.2. The average Bonchev–Trinajstić information content (AvgIpc) is 3.40. The van der Waals surface area contributed by atoms with E-state index in [4.69, 9.17) is 0 Å². The molecule has 4 rings (SSSR count). The summed E-state index contributed by atoms with van der Waals surface area (Å²) in [7, 11) is 0. The van der Waals surface area contributed by atoms with E-state index in [1.54, 1.807) is 34.1 Å². The summed E-state index contributed by atoms with van der Waals surface area (Å²) in [5, 5.41) is 11.0. The summed E-state index contributed by atoms with van der Waals surface area (Å²) in [6, 6.07) is 9.45. The maximum Gasteiger partial charge on any atom is 0.324 e. The number of rotatable bonds is 3. The lowest BCUT2D eigenvalue weighted by molar-refractivity contribution is 0.0676. The van der Waals surface area contributed by atoms with Gasteiger partial charge >= 0.3 is 6.03 Å². The first kappa shape index (κ1) is 18.1. The van der Waals surface area contributed by atoms with E-state index in [1.807, 2.05) is 11.4 Å². The van der Waals surface area contributed by atoms with Gasteiger partial charge in [-0.2, -0.15) is 4.98 Å². The fourth-order valence-corrected chi connectivity index (χ4v) is 3.63. The Kier molecular flexibility index (Phi) is 5.02. The number of aromatic amines is 1. The highest BCUT2D eigenvalue weighted by Crippen LogP contribution is 2.19. The van der Waals surface area contributed by atoms with Gasteiger partial charge in [0.25, 0.3) is 5.91 Å². The lowest BCUT2D eigenvalue weighted by Gasteiger charge is -2.34. The van der Waals surface area contributed by atoms with Crippen molar-refractivity contribution in [2.45, 2.75) is 0 Å². The first-order valence-electron chi connectivity index (χ1n) is 8.68. The van der Waals surface area contributed by atoms with Gasteiger partial charge in [0.1, 0.15) is 5.82 Å². The molecule has 1 aromatic carbocycles. The van der Waals surface area contributed by atoms with Crippen LogP contribution in [0.2, 0.25) is 0 Å². The van der Waals surface area contributed by atoms with E-state index in [0.717, 1.165) is 0 Å². The third-order valence-electron chi connectivity index (χ3n) is 4.42. The molecule has 28 heavy (non-hydrogen) atoms. The van der Waals surface area contributed by atoms with E-state index in [-0.39, 0.29) is 29.3 Å². The second-order valence-electron chi connectivity index (χ2n) is 6.17. The first-order chi connectivity index (χ1) is 13.6. The molecule has 0 unspecified atom stereocenters. The van der Waals surface area contributed by atoms with Gasteiger partial charge in [0, 0.05) is 26.2 Å². The quantitative estimate of drug-likeness (QED) is 0.707. The third kappa shape index (κ3) is 3.72. The number of amides is 3. The van der Waals surface area contributed by atoms with Crippen LogP contribution >= 0.6 is 11.3 Å². The van der Waals surface area contributed by atoms with E-state index in [1.165, 1.54) is 17.4 Å². The number of nitrogens with one attached hydrogen (secondary N) is 2. The fraction of sp³-hybridized carbons (Fsp3) is 0.222. The Balaban J connectivity index is 1.34. The van der Waals surface area contributed by atoms with Crippen LogP contribution in [0.5, 0.6) is 0 Å². The Labute approximate surface area is 164 Å². The van der Waals surface area contributed by atoms with Crippen LogP contribution in [0.4, 0.5) is 15.1 Å². The Hall–Kier alpha value is -3.27.